The van der Waals surface area contributed by atoms with Crippen LogP contribution in [0.25, 0.3) is 0 Å². The van der Waals surface area contributed by atoms with E-state index in [1.807, 2.05) is 6.07 Å². The second-order valence-corrected chi connectivity index (χ2v) is 3.63. The lowest BCUT2D eigenvalue weighted by Crippen LogP contribution is -2.27. The fourth-order valence-electron chi connectivity index (χ4n) is 0.815. The first-order valence-electron chi connectivity index (χ1n) is 4.06. The molecule has 1 heterocycles. The van der Waals surface area contributed by atoms with Crippen LogP contribution in [0.5, 0.6) is 0 Å². The van der Waals surface area contributed by atoms with Crippen LogP contribution in [0.4, 0.5) is 0 Å². The molecular weight excluding hydrogens is 248 g/mol. The van der Waals surface area contributed by atoms with Crippen LogP contribution in [0.1, 0.15) is 17.5 Å². The molecule has 0 radical (unpaired) electrons. The molecule has 0 saturated heterocycles. The summed E-state index contributed by atoms with van der Waals surface area (Å²) in [5.74, 6) is -0.267. The maximum Gasteiger partial charge on any atom is 0.287 e. The Kier molecular flexibility index (Phi) is 3.72. The van der Waals surface area contributed by atoms with Crippen molar-refractivity contribution in [1.82, 2.24) is 5.32 Å². The van der Waals surface area contributed by atoms with E-state index in [2.05, 4.69) is 21.2 Å². The lowest BCUT2D eigenvalue weighted by Gasteiger charge is -2.03. The molecule has 0 fully saturated rings. The molecule has 1 N–H and O–H groups in total. The van der Waals surface area contributed by atoms with Gasteiger partial charge in [-0.3, -0.25) is 4.79 Å². The Morgan fingerprint density at radius 3 is 3.00 bits per heavy atom. The van der Waals surface area contributed by atoms with Gasteiger partial charge < -0.3 is 9.73 Å². The Morgan fingerprint density at radius 2 is 2.50 bits per heavy atom. The number of carbonyl (C=O) groups is 1. The lowest BCUT2D eigenvalue weighted by molar-refractivity contribution is 0.0922. The maximum absolute atomic E-state index is 11.3. The summed E-state index contributed by atoms with van der Waals surface area (Å²) in [4.78, 5) is 11.3. The van der Waals surface area contributed by atoms with E-state index >= 15 is 0 Å². The summed E-state index contributed by atoms with van der Waals surface area (Å²) < 4.78 is 5.54. The molecule has 14 heavy (non-hydrogen) atoms. The Hall–Kier alpha value is -1.28. The van der Waals surface area contributed by atoms with Gasteiger partial charge in [-0.1, -0.05) is 0 Å². The maximum atomic E-state index is 11.3. The molecule has 0 bridgehead atoms. The first kappa shape index (κ1) is 10.8. The van der Waals surface area contributed by atoms with E-state index in [0.29, 0.717) is 11.2 Å². The number of rotatable bonds is 3. The molecule has 4 nitrogen and oxygen atoms in total. The number of hydrogen-bond acceptors (Lipinski definition) is 3. The van der Waals surface area contributed by atoms with E-state index < -0.39 is 0 Å². The molecule has 1 aromatic rings. The topological polar surface area (TPSA) is 66.0 Å². The molecule has 5 heteroatoms. The zero-order valence-corrected chi connectivity index (χ0v) is 9.17. The third kappa shape index (κ3) is 2.89. The van der Waals surface area contributed by atoms with Crippen LogP contribution < -0.4 is 5.32 Å². The molecule has 0 saturated carbocycles. The molecular formula is C9H9BrN2O2. The molecule has 0 aliphatic heterocycles. The smallest absolute Gasteiger partial charge is 0.287 e. The fraction of sp³-hybridized carbons (Fsp3) is 0.333. The van der Waals surface area contributed by atoms with Crippen molar-refractivity contribution in [3.8, 4) is 6.07 Å². The molecule has 74 valence electrons. The van der Waals surface area contributed by atoms with Gasteiger partial charge >= 0.3 is 0 Å². The highest BCUT2D eigenvalue weighted by Gasteiger charge is 2.10. The standard InChI is InChI=1S/C9H9BrN2O2/c1-6(4-11)5-12-9(13)7-2-3-8(10)14-7/h2-3,6H,5H2,1H3,(H,12,13). The summed E-state index contributed by atoms with van der Waals surface area (Å²) in [6.45, 7) is 2.06. The summed E-state index contributed by atoms with van der Waals surface area (Å²) in [6, 6.07) is 5.23. The first-order valence-corrected chi connectivity index (χ1v) is 4.86. The van der Waals surface area contributed by atoms with Crippen molar-refractivity contribution in [2.24, 2.45) is 5.92 Å². The number of furan rings is 1. The van der Waals surface area contributed by atoms with Gasteiger partial charge in [-0.25, -0.2) is 0 Å². The normalized spacial score (nSPS) is 11.8. The van der Waals surface area contributed by atoms with Gasteiger partial charge in [-0.2, -0.15) is 5.26 Å². The van der Waals surface area contributed by atoms with Gasteiger partial charge in [-0.05, 0) is 35.0 Å². The molecule has 0 aromatic carbocycles. The molecule has 1 atom stereocenters. The van der Waals surface area contributed by atoms with Crippen molar-refractivity contribution in [3.63, 3.8) is 0 Å². The van der Waals surface area contributed by atoms with Gasteiger partial charge in [0, 0.05) is 6.54 Å². The number of amides is 1. The minimum atomic E-state index is -0.308. The quantitative estimate of drug-likeness (QED) is 0.899. The van der Waals surface area contributed by atoms with Crippen molar-refractivity contribution < 1.29 is 9.21 Å². The Bertz CT molecular complexity index is 367. The van der Waals surface area contributed by atoms with Crippen LogP contribution in [0.3, 0.4) is 0 Å². The summed E-state index contributed by atoms with van der Waals surface area (Å²) in [6.07, 6.45) is 0. The zero-order valence-electron chi connectivity index (χ0n) is 7.58. The predicted molar refractivity (Wildman–Crippen MR) is 53.5 cm³/mol. The van der Waals surface area contributed by atoms with Crippen molar-refractivity contribution in [2.75, 3.05) is 6.54 Å². The Morgan fingerprint density at radius 1 is 1.79 bits per heavy atom. The average Bonchev–Trinajstić information content (AvgIpc) is 2.60. The predicted octanol–water partition coefficient (Wildman–Crippen LogP) is 1.93. The second-order valence-electron chi connectivity index (χ2n) is 2.84. The highest BCUT2D eigenvalue weighted by molar-refractivity contribution is 9.10. The monoisotopic (exact) mass is 256 g/mol. The van der Waals surface area contributed by atoms with Crippen LogP contribution in [0, 0.1) is 17.2 Å². The Balaban J connectivity index is 2.48. The number of nitrogens with one attached hydrogen (secondary N) is 1. The first-order chi connectivity index (χ1) is 6.63. The highest BCUT2D eigenvalue weighted by Crippen LogP contribution is 2.13. The van der Waals surface area contributed by atoms with E-state index in [1.54, 1.807) is 19.1 Å². The number of nitrogens with zero attached hydrogens (tertiary/aromatic N) is 1. The van der Waals surface area contributed by atoms with Crippen LogP contribution in [-0.4, -0.2) is 12.5 Å². The van der Waals surface area contributed by atoms with Gasteiger partial charge in [0.15, 0.2) is 10.4 Å². The molecule has 0 aliphatic carbocycles. The molecule has 0 spiro atoms. The van der Waals surface area contributed by atoms with Crippen LogP contribution in [-0.2, 0) is 0 Å². The van der Waals surface area contributed by atoms with E-state index in [4.69, 9.17) is 9.68 Å². The average molecular weight is 257 g/mol. The zero-order chi connectivity index (χ0) is 10.6. The molecule has 1 rings (SSSR count). The van der Waals surface area contributed by atoms with Crippen molar-refractivity contribution in [3.05, 3.63) is 22.6 Å². The summed E-state index contributed by atoms with van der Waals surface area (Å²) in [5.41, 5.74) is 0. The molecule has 0 aliphatic rings. The fourth-order valence-corrected chi connectivity index (χ4v) is 1.12. The van der Waals surface area contributed by atoms with Crippen molar-refractivity contribution in [1.29, 1.82) is 5.26 Å². The second kappa shape index (κ2) is 4.82. The van der Waals surface area contributed by atoms with Gasteiger partial charge in [0.25, 0.3) is 5.91 Å². The van der Waals surface area contributed by atoms with E-state index in [-0.39, 0.29) is 17.6 Å². The summed E-state index contributed by atoms with van der Waals surface area (Å²) >= 11 is 3.10. The molecule has 1 aromatic heterocycles. The van der Waals surface area contributed by atoms with Gasteiger partial charge in [0.1, 0.15) is 0 Å². The van der Waals surface area contributed by atoms with E-state index in [1.165, 1.54) is 0 Å². The number of nitriles is 1. The summed E-state index contributed by atoms with van der Waals surface area (Å²) in [5, 5.41) is 11.1. The van der Waals surface area contributed by atoms with Crippen molar-refractivity contribution in [2.45, 2.75) is 6.92 Å². The minimum Gasteiger partial charge on any atom is -0.444 e. The number of hydrogen-bond donors (Lipinski definition) is 1. The number of carbonyl (C=O) groups excluding carboxylic acids is 1. The van der Waals surface area contributed by atoms with E-state index in [9.17, 15) is 4.79 Å². The number of halogens is 1. The largest absolute Gasteiger partial charge is 0.444 e. The third-order valence-corrected chi connectivity index (χ3v) is 2.01. The van der Waals surface area contributed by atoms with Crippen molar-refractivity contribution >= 4 is 21.8 Å². The minimum absolute atomic E-state index is 0.197. The SMILES string of the molecule is CC(C#N)CNC(=O)c1ccc(Br)o1. The van der Waals surface area contributed by atoms with Gasteiger partial charge in [0.05, 0.1) is 12.0 Å². The van der Waals surface area contributed by atoms with Crippen LogP contribution >= 0.6 is 15.9 Å². The molecule has 1 amide bonds. The van der Waals surface area contributed by atoms with Crippen LogP contribution in [0.2, 0.25) is 0 Å². The third-order valence-electron chi connectivity index (χ3n) is 1.59. The van der Waals surface area contributed by atoms with Gasteiger partial charge in [0.2, 0.25) is 0 Å². The lowest BCUT2D eigenvalue weighted by atomic mass is 10.2. The van der Waals surface area contributed by atoms with Gasteiger partial charge in [-0.15, -0.1) is 0 Å². The van der Waals surface area contributed by atoms with E-state index in [0.717, 1.165) is 0 Å². The molecule has 1 unspecified atom stereocenters. The Labute approximate surface area is 90.0 Å². The summed E-state index contributed by atoms with van der Waals surface area (Å²) in [7, 11) is 0. The highest BCUT2D eigenvalue weighted by atomic mass is 79.9. The van der Waals surface area contributed by atoms with Crippen LogP contribution in [0.15, 0.2) is 21.2 Å².